The van der Waals surface area contributed by atoms with Gasteiger partial charge in [0.05, 0.1) is 13.2 Å². The molecule has 2 aliphatic rings. The molecule has 1 N–H and O–H groups in total. The van der Waals surface area contributed by atoms with Crippen LogP contribution >= 0.6 is 0 Å². The second kappa shape index (κ2) is 3.53. The number of morpholine rings is 1. The van der Waals surface area contributed by atoms with E-state index in [0.717, 1.165) is 24.6 Å². The summed E-state index contributed by atoms with van der Waals surface area (Å²) in [7, 11) is 0. The average Bonchev–Trinajstić information content (AvgIpc) is 2.23. The third kappa shape index (κ3) is 1.35. The van der Waals surface area contributed by atoms with Gasteiger partial charge in [0.2, 0.25) is 0 Å². The van der Waals surface area contributed by atoms with Crippen molar-refractivity contribution in [1.29, 1.82) is 5.41 Å². The van der Waals surface area contributed by atoms with E-state index in [9.17, 15) is 0 Å². The number of amidine groups is 1. The van der Waals surface area contributed by atoms with Crippen molar-refractivity contribution in [3.63, 3.8) is 0 Å². The van der Waals surface area contributed by atoms with Crippen LogP contribution in [0.25, 0.3) is 0 Å². The lowest BCUT2D eigenvalue weighted by Gasteiger charge is -2.37. The molecule has 1 fully saturated rings. The van der Waals surface area contributed by atoms with Gasteiger partial charge in [0.15, 0.2) is 0 Å². The predicted molar refractivity (Wildman–Crippen MR) is 55.9 cm³/mol. The molecule has 0 aromatic heterocycles. The maximum Gasteiger partial charge on any atom is 0.109 e. The predicted octanol–water partition coefficient (Wildman–Crippen LogP) is 1.04. The van der Waals surface area contributed by atoms with Gasteiger partial charge in [-0.1, -0.05) is 0 Å². The first kappa shape index (κ1) is 9.40. The largest absolute Gasteiger partial charge is 0.373 e. The highest BCUT2D eigenvalue weighted by Crippen LogP contribution is 2.23. The van der Waals surface area contributed by atoms with E-state index in [1.165, 1.54) is 11.9 Å². The standard InChI is InChI=1S/C10H15N3O/c1-7-9(5-11)12-8(2)13-3-4-14-6-10(7)13/h5,9,11H,3-4,6H2,1-2H3/t9-/m0/s1. The fraction of sp³-hybridized carbons (Fsp3) is 0.600. The van der Waals surface area contributed by atoms with Gasteiger partial charge < -0.3 is 15.0 Å². The molecule has 4 nitrogen and oxygen atoms in total. The molecule has 0 radical (unpaired) electrons. The highest BCUT2D eigenvalue weighted by molar-refractivity contribution is 5.86. The quantitative estimate of drug-likeness (QED) is 0.633. The lowest BCUT2D eigenvalue weighted by molar-refractivity contribution is 0.0958. The summed E-state index contributed by atoms with van der Waals surface area (Å²) >= 11 is 0. The molecule has 1 saturated heterocycles. The number of hydrogen-bond donors (Lipinski definition) is 1. The van der Waals surface area contributed by atoms with Crippen molar-refractivity contribution in [3.05, 3.63) is 11.3 Å². The van der Waals surface area contributed by atoms with Gasteiger partial charge in [0, 0.05) is 18.5 Å². The number of ether oxygens (including phenoxy) is 1. The zero-order valence-corrected chi connectivity index (χ0v) is 8.58. The minimum Gasteiger partial charge on any atom is -0.373 e. The van der Waals surface area contributed by atoms with E-state index in [1.54, 1.807) is 0 Å². The summed E-state index contributed by atoms with van der Waals surface area (Å²) in [4.78, 5) is 6.65. The minimum atomic E-state index is -0.0806. The monoisotopic (exact) mass is 193 g/mol. The van der Waals surface area contributed by atoms with E-state index >= 15 is 0 Å². The first-order chi connectivity index (χ1) is 6.74. The third-order valence-corrected chi connectivity index (χ3v) is 2.80. The SMILES string of the molecule is CC1=N[C@@H](C=N)C(C)=C2COCCN12. The Kier molecular flexibility index (Phi) is 2.37. The maximum absolute atomic E-state index is 7.30. The van der Waals surface area contributed by atoms with Crippen LogP contribution in [-0.4, -0.2) is 42.8 Å². The fourth-order valence-corrected chi connectivity index (χ4v) is 1.92. The molecule has 1 atom stereocenters. The van der Waals surface area contributed by atoms with Gasteiger partial charge in [-0.25, -0.2) is 0 Å². The Morgan fingerprint density at radius 3 is 3.07 bits per heavy atom. The number of fused-ring (bicyclic) bond motifs is 1. The average molecular weight is 193 g/mol. The van der Waals surface area contributed by atoms with E-state index < -0.39 is 0 Å². The van der Waals surface area contributed by atoms with E-state index in [1.807, 2.05) is 13.8 Å². The van der Waals surface area contributed by atoms with Crippen molar-refractivity contribution in [2.75, 3.05) is 19.8 Å². The number of aliphatic imine (C=N–C) groups is 1. The van der Waals surface area contributed by atoms with Crippen LogP contribution in [0.4, 0.5) is 0 Å². The Balaban J connectivity index is 2.36. The summed E-state index contributed by atoms with van der Waals surface area (Å²) in [6.45, 7) is 6.32. The number of nitrogens with one attached hydrogen (secondary N) is 1. The van der Waals surface area contributed by atoms with Gasteiger partial charge in [0.25, 0.3) is 0 Å². The molecule has 0 aliphatic carbocycles. The second-order valence-corrected chi connectivity index (χ2v) is 3.62. The lowest BCUT2D eigenvalue weighted by atomic mass is 10.0. The molecule has 4 heteroatoms. The molecule has 0 aromatic carbocycles. The summed E-state index contributed by atoms with van der Waals surface area (Å²) < 4.78 is 5.42. The van der Waals surface area contributed by atoms with Gasteiger partial charge in [-0.2, -0.15) is 0 Å². The topological polar surface area (TPSA) is 48.7 Å². The first-order valence-corrected chi connectivity index (χ1v) is 4.84. The van der Waals surface area contributed by atoms with Crippen LogP contribution in [0.1, 0.15) is 13.8 Å². The summed E-state index contributed by atoms with van der Waals surface area (Å²) in [5.41, 5.74) is 2.34. The Morgan fingerprint density at radius 1 is 1.57 bits per heavy atom. The third-order valence-electron chi connectivity index (χ3n) is 2.80. The van der Waals surface area contributed by atoms with Crippen LogP contribution in [0.5, 0.6) is 0 Å². The van der Waals surface area contributed by atoms with E-state index in [4.69, 9.17) is 10.1 Å². The van der Waals surface area contributed by atoms with Crippen LogP contribution in [-0.2, 0) is 4.74 Å². The minimum absolute atomic E-state index is 0.0806. The smallest absolute Gasteiger partial charge is 0.109 e. The summed E-state index contributed by atoms with van der Waals surface area (Å²) in [5.74, 6) is 1.00. The Morgan fingerprint density at radius 2 is 2.36 bits per heavy atom. The molecule has 14 heavy (non-hydrogen) atoms. The highest BCUT2D eigenvalue weighted by Gasteiger charge is 2.26. The van der Waals surface area contributed by atoms with Gasteiger partial charge >= 0.3 is 0 Å². The van der Waals surface area contributed by atoms with Crippen molar-refractivity contribution in [3.8, 4) is 0 Å². The van der Waals surface area contributed by atoms with Gasteiger partial charge in [0.1, 0.15) is 11.9 Å². The van der Waals surface area contributed by atoms with Gasteiger partial charge in [-0.15, -0.1) is 0 Å². The molecule has 0 spiro atoms. The Labute approximate surface area is 83.8 Å². The van der Waals surface area contributed by atoms with Crippen LogP contribution < -0.4 is 0 Å². The Bertz CT molecular complexity index is 319. The van der Waals surface area contributed by atoms with Crippen molar-refractivity contribution >= 4 is 12.1 Å². The van der Waals surface area contributed by atoms with Crippen LogP contribution in [0.3, 0.4) is 0 Å². The highest BCUT2D eigenvalue weighted by atomic mass is 16.5. The van der Waals surface area contributed by atoms with Crippen LogP contribution in [0, 0.1) is 5.41 Å². The molecule has 2 aliphatic heterocycles. The summed E-state index contributed by atoms with van der Waals surface area (Å²) in [6, 6.07) is -0.0806. The number of nitrogens with zero attached hydrogens (tertiary/aromatic N) is 2. The fourth-order valence-electron chi connectivity index (χ4n) is 1.92. The maximum atomic E-state index is 7.30. The molecule has 76 valence electrons. The summed E-state index contributed by atoms with van der Waals surface area (Å²) in [5, 5.41) is 7.30. The molecule has 0 unspecified atom stereocenters. The molecule has 0 aromatic rings. The van der Waals surface area contributed by atoms with E-state index in [-0.39, 0.29) is 6.04 Å². The van der Waals surface area contributed by atoms with Gasteiger partial charge in [-0.05, 0) is 19.4 Å². The summed E-state index contributed by atoms with van der Waals surface area (Å²) in [6.07, 6.45) is 1.39. The molecular weight excluding hydrogens is 178 g/mol. The van der Waals surface area contributed by atoms with Crippen molar-refractivity contribution in [1.82, 2.24) is 4.90 Å². The van der Waals surface area contributed by atoms with Crippen LogP contribution in [0.2, 0.25) is 0 Å². The van der Waals surface area contributed by atoms with E-state index in [0.29, 0.717) is 6.61 Å². The number of hydrogen-bond acceptors (Lipinski definition) is 4. The lowest BCUT2D eigenvalue weighted by Crippen LogP contribution is -2.42. The molecule has 0 saturated carbocycles. The molecular formula is C10H15N3O. The van der Waals surface area contributed by atoms with Crippen molar-refractivity contribution < 1.29 is 4.74 Å². The molecule has 2 heterocycles. The molecule has 0 bridgehead atoms. The zero-order valence-electron chi connectivity index (χ0n) is 8.58. The Hall–Kier alpha value is -1.16. The second-order valence-electron chi connectivity index (χ2n) is 3.62. The first-order valence-electron chi connectivity index (χ1n) is 4.84. The van der Waals surface area contributed by atoms with Crippen molar-refractivity contribution in [2.45, 2.75) is 19.9 Å². The van der Waals surface area contributed by atoms with E-state index in [2.05, 4.69) is 9.89 Å². The van der Waals surface area contributed by atoms with Gasteiger partial charge in [-0.3, -0.25) is 4.99 Å². The van der Waals surface area contributed by atoms with Crippen LogP contribution in [0.15, 0.2) is 16.3 Å². The molecule has 2 rings (SSSR count). The zero-order chi connectivity index (χ0) is 10.1. The number of rotatable bonds is 1. The molecule has 0 amide bonds. The normalized spacial score (nSPS) is 27.1. The van der Waals surface area contributed by atoms with Crippen molar-refractivity contribution in [2.24, 2.45) is 4.99 Å².